The van der Waals surface area contributed by atoms with Gasteiger partial charge in [-0.2, -0.15) is 0 Å². The summed E-state index contributed by atoms with van der Waals surface area (Å²) < 4.78 is 14.4. The number of hydrogen-bond donors (Lipinski definition) is 1. The molecule has 1 aliphatic rings. The fourth-order valence-corrected chi connectivity index (χ4v) is 3.77. The van der Waals surface area contributed by atoms with Crippen LogP contribution in [-0.2, 0) is 6.42 Å². The molecular formula is C13H13Cl2FN4S. The highest BCUT2D eigenvalue weighted by Crippen LogP contribution is 2.54. The zero-order chi connectivity index (χ0) is 15.0. The van der Waals surface area contributed by atoms with Gasteiger partial charge in [0.1, 0.15) is 10.2 Å². The highest BCUT2D eigenvalue weighted by Gasteiger charge is 2.51. The van der Waals surface area contributed by atoms with E-state index in [-0.39, 0.29) is 11.7 Å². The molecule has 1 aromatic heterocycles. The van der Waals surface area contributed by atoms with E-state index in [0.29, 0.717) is 23.0 Å². The van der Waals surface area contributed by atoms with Gasteiger partial charge in [-0.1, -0.05) is 30.0 Å². The van der Waals surface area contributed by atoms with Crippen molar-refractivity contribution in [3.05, 3.63) is 41.5 Å². The van der Waals surface area contributed by atoms with Gasteiger partial charge in [-0.15, -0.1) is 33.4 Å². The van der Waals surface area contributed by atoms with Crippen molar-refractivity contribution >= 4 is 35.0 Å². The molecule has 0 radical (unpaired) electrons. The second-order valence-electron chi connectivity index (χ2n) is 5.01. The zero-order valence-corrected chi connectivity index (χ0v) is 13.3. The molecule has 112 valence electrons. The lowest BCUT2D eigenvalue weighted by molar-refractivity contribution is 0.610. The molecule has 3 rings (SSSR count). The Hall–Kier alpha value is -0.980. The van der Waals surface area contributed by atoms with Crippen LogP contribution in [0, 0.1) is 11.7 Å². The highest BCUT2D eigenvalue weighted by atomic mass is 35.5. The quantitative estimate of drug-likeness (QED) is 0.513. The van der Waals surface area contributed by atoms with Crippen LogP contribution in [0.1, 0.15) is 17.8 Å². The van der Waals surface area contributed by atoms with E-state index in [1.165, 1.54) is 22.5 Å². The Bertz CT molecular complexity index is 661. The van der Waals surface area contributed by atoms with Crippen LogP contribution in [0.2, 0.25) is 0 Å². The highest BCUT2D eigenvalue weighted by molar-refractivity contribution is 7.99. The first kappa shape index (κ1) is 14.9. The van der Waals surface area contributed by atoms with Crippen molar-refractivity contribution in [3.8, 4) is 0 Å². The Kier molecular flexibility index (Phi) is 4.03. The lowest BCUT2D eigenvalue weighted by Gasteiger charge is -2.04. The molecule has 2 N–H and O–H groups in total. The maximum atomic E-state index is 13.6. The summed E-state index contributed by atoms with van der Waals surface area (Å²) in [6.07, 6.45) is 1.08. The molecule has 4 nitrogen and oxygen atoms in total. The Morgan fingerprint density at radius 3 is 2.76 bits per heavy atom. The van der Waals surface area contributed by atoms with Gasteiger partial charge in [0.25, 0.3) is 0 Å². The van der Waals surface area contributed by atoms with Crippen LogP contribution < -0.4 is 5.84 Å². The van der Waals surface area contributed by atoms with Crippen molar-refractivity contribution in [2.45, 2.75) is 22.3 Å². The standard InChI is InChI=1S/C13H13Cl2FN4S/c14-13(15)6-9(13)7-21-12-19-18-11(20(12)17)5-8-3-1-2-4-10(8)16/h1-4,9H,5-7,17H2. The average Bonchev–Trinajstić information content (AvgIpc) is 2.91. The molecular weight excluding hydrogens is 334 g/mol. The van der Waals surface area contributed by atoms with Gasteiger partial charge in [0.05, 0.1) is 0 Å². The lowest BCUT2D eigenvalue weighted by Crippen LogP contribution is -2.15. The Morgan fingerprint density at radius 2 is 2.10 bits per heavy atom. The smallest absolute Gasteiger partial charge is 0.209 e. The molecule has 1 unspecified atom stereocenters. The van der Waals surface area contributed by atoms with Crippen molar-refractivity contribution in [1.82, 2.24) is 14.9 Å². The van der Waals surface area contributed by atoms with E-state index in [4.69, 9.17) is 29.0 Å². The Labute approximate surface area is 135 Å². The summed E-state index contributed by atoms with van der Waals surface area (Å²) in [5.41, 5.74) is 0.538. The number of aromatic nitrogens is 3. The Balaban J connectivity index is 1.67. The van der Waals surface area contributed by atoms with Gasteiger partial charge in [0.15, 0.2) is 5.82 Å². The average molecular weight is 347 g/mol. The molecule has 1 atom stereocenters. The van der Waals surface area contributed by atoms with Gasteiger partial charge in [-0.3, -0.25) is 0 Å². The number of thioether (sulfide) groups is 1. The SMILES string of the molecule is Nn1c(Cc2ccccc2F)nnc1SCC1CC1(Cl)Cl. The number of nitrogens with zero attached hydrogens (tertiary/aromatic N) is 3. The number of nitrogens with two attached hydrogens (primary N) is 1. The number of nitrogen functional groups attached to an aromatic ring is 1. The van der Waals surface area contributed by atoms with Crippen molar-refractivity contribution in [2.75, 3.05) is 11.6 Å². The van der Waals surface area contributed by atoms with Gasteiger partial charge in [0.2, 0.25) is 5.16 Å². The second-order valence-corrected chi connectivity index (χ2v) is 7.54. The van der Waals surface area contributed by atoms with Crippen LogP contribution in [0.25, 0.3) is 0 Å². The fraction of sp³-hybridized carbons (Fsp3) is 0.385. The first-order chi connectivity index (χ1) is 9.97. The molecule has 1 aromatic carbocycles. The number of halogens is 3. The molecule has 1 saturated carbocycles. The molecule has 0 bridgehead atoms. The van der Waals surface area contributed by atoms with Crippen molar-refractivity contribution in [3.63, 3.8) is 0 Å². The van der Waals surface area contributed by atoms with E-state index < -0.39 is 4.33 Å². The first-order valence-electron chi connectivity index (χ1n) is 6.41. The summed E-state index contributed by atoms with van der Waals surface area (Å²) in [6, 6.07) is 6.54. The minimum absolute atomic E-state index is 0.248. The lowest BCUT2D eigenvalue weighted by atomic mass is 10.1. The maximum absolute atomic E-state index is 13.6. The van der Waals surface area contributed by atoms with Crippen molar-refractivity contribution < 1.29 is 4.39 Å². The summed E-state index contributed by atoms with van der Waals surface area (Å²) in [7, 11) is 0. The molecule has 21 heavy (non-hydrogen) atoms. The third-order valence-electron chi connectivity index (χ3n) is 3.41. The maximum Gasteiger partial charge on any atom is 0.209 e. The summed E-state index contributed by atoms with van der Waals surface area (Å²) in [4.78, 5) is 0. The number of alkyl halides is 2. The minimum atomic E-state index is -0.609. The summed E-state index contributed by atoms with van der Waals surface area (Å²) >= 11 is 13.4. The molecule has 8 heteroatoms. The van der Waals surface area contributed by atoms with E-state index in [0.717, 1.165) is 12.2 Å². The molecule has 0 aliphatic heterocycles. The molecule has 0 spiro atoms. The van der Waals surface area contributed by atoms with Crippen LogP contribution in [0.3, 0.4) is 0 Å². The molecule has 0 saturated heterocycles. The van der Waals surface area contributed by atoms with Crippen LogP contribution >= 0.6 is 35.0 Å². The van der Waals surface area contributed by atoms with E-state index in [2.05, 4.69) is 10.2 Å². The fourth-order valence-electron chi connectivity index (χ4n) is 1.96. The third kappa shape index (κ3) is 3.27. The predicted octanol–water partition coefficient (Wildman–Crippen LogP) is 3.01. The summed E-state index contributed by atoms with van der Waals surface area (Å²) in [5.74, 6) is 7.18. The van der Waals surface area contributed by atoms with Gasteiger partial charge >= 0.3 is 0 Å². The van der Waals surface area contributed by atoms with Gasteiger partial charge < -0.3 is 5.84 Å². The molecule has 0 amide bonds. The van der Waals surface area contributed by atoms with E-state index in [1.807, 2.05) is 0 Å². The van der Waals surface area contributed by atoms with Crippen molar-refractivity contribution in [1.29, 1.82) is 0 Å². The van der Waals surface area contributed by atoms with Crippen LogP contribution in [-0.4, -0.2) is 25.0 Å². The number of rotatable bonds is 5. The monoisotopic (exact) mass is 346 g/mol. The molecule has 1 aliphatic carbocycles. The molecule has 1 fully saturated rings. The zero-order valence-electron chi connectivity index (χ0n) is 11.0. The van der Waals surface area contributed by atoms with E-state index in [9.17, 15) is 4.39 Å². The summed E-state index contributed by atoms with van der Waals surface area (Å²) in [5, 5.41) is 8.63. The number of benzene rings is 1. The van der Waals surface area contributed by atoms with E-state index >= 15 is 0 Å². The molecule has 2 aromatic rings. The van der Waals surface area contributed by atoms with E-state index in [1.54, 1.807) is 18.2 Å². The largest absolute Gasteiger partial charge is 0.336 e. The Morgan fingerprint density at radius 1 is 1.38 bits per heavy atom. The topological polar surface area (TPSA) is 56.7 Å². The van der Waals surface area contributed by atoms with Crippen LogP contribution in [0.5, 0.6) is 0 Å². The minimum Gasteiger partial charge on any atom is -0.336 e. The normalized spacial score (nSPS) is 19.7. The first-order valence-corrected chi connectivity index (χ1v) is 8.15. The van der Waals surface area contributed by atoms with Gasteiger partial charge in [-0.25, -0.2) is 9.07 Å². The van der Waals surface area contributed by atoms with Crippen LogP contribution in [0.4, 0.5) is 4.39 Å². The number of hydrogen-bond acceptors (Lipinski definition) is 4. The predicted molar refractivity (Wildman–Crippen MR) is 82.6 cm³/mol. The van der Waals surface area contributed by atoms with Crippen molar-refractivity contribution in [2.24, 2.45) is 5.92 Å². The summed E-state index contributed by atoms with van der Waals surface area (Å²) in [6.45, 7) is 0. The van der Waals surface area contributed by atoms with Gasteiger partial charge in [-0.05, 0) is 18.1 Å². The van der Waals surface area contributed by atoms with Gasteiger partial charge in [0, 0.05) is 18.1 Å². The third-order valence-corrected chi connectivity index (χ3v) is 5.44. The molecule has 1 heterocycles. The second kappa shape index (κ2) is 5.66. The van der Waals surface area contributed by atoms with Crippen LogP contribution in [0.15, 0.2) is 29.4 Å².